The number of halogens is 4. The number of rotatable bonds is 5. The van der Waals surface area contributed by atoms with Gasteiger partial charge in [-0.05, 0) is 55.8 Å². The van der Waals surface area contributed by atoms with Gasteiger partial charge in [0.1, 0.15) is 23.0 Å². The average molecular weight is 470 g/mol. The SMILES string of the molecule is COc1ccc(F)cc1-c1ccc(-n2cc(C(C)(C)O)nc2-c2ccccc2C(F)(F)F)cc1. The first-order valence-corrected chi connectivity index (χ1v) is 10.4. The number of aliphatic hydroxyl groups is 1. The summed E-state index contributed by atoms with van der Waals surface area (Å²) in [5.74, 6) is 0.109. The van der Waals surface area contributed by atoms with Crippen molar-refractivity contribution in [2.24, 2.45) is 0 Å². The van der Waals surface area contributed by atoms with Gasteiger partial charge in [-0.25, -0.2) is 9.37 Å². The molecular formula is C26H22F4N2O2. The summed E-state index contributed by atoms with van der Waals surface area (Å²) in [5, 5.41) is 10.5. The number of imidazole rings is 1. The maximum absolute atomic E-state index is 13.8. The van der Waals surface area contributed by atoms with Crippen molar-refractivity contribution in [1.82, 2.24) is 9.55 Å². The lowest BCUT2D eigenvalue weighted by molar-refractivity contribution is -0.137. The van der Waals surface area contributed by atoms with Crippen molar-refractivity contribution in [3.05, 3.63) is 90.0 Å². The molecule has 4 aromatic rings. The number of hydrogen-bond acceptors (Lipinski definition) is 3. The summed E-state index contributed by atoms with van der Waals surface area (Å²) in [6.45, 7) is 3.02. The minimum absolute atomic E-state index is 0.0427. The first-order chi connectivity index (χ1) is 16.0. The van der Waals surface area contributed by atoms with Crippen LogP contribution in [0.15, 0.2) is 72.9 Å². The molecule has 176 valence electrons. The van der Waals surface area contributed by atoms with Crippen LogP contribution in [0.25, 0.3) is 28.2 Å². The van der Waals surface area contributed by atoms with E-state index >= 15 is 0 Å². The Labute approximate surface area is 194 Å². The molecule has 0 bridgehead atoms. The van der Waals surface area contributed by atoms with Gasteiger partial charge in [-0.1, -0.05) is 30.3 Å². The van der Waals surface area contributed by atoms with Crippen LogP contribution < -0.4 is 4.74 Å². The van der Waals surface area contributed by atoms with E-state index < -0.39 is 23.2 Å². The van der Waals surface area contributed by atoms with Gasteiger partial charge in [0.15, 0.2) is 0 Å². The van der Waals surface area contributed by atoms with E-state index in [4.69, 9.17) is 4.74 Å². The number of hydrogen-bond donors (Lipinski definition) is 1. The quantitative estimate of drug-likeness (QED) is 0.334. The minimum Gasteiger partial charge on any atom is -0.496 e. The van der Waals surface area contributed by atoms with Gasteiger partial charge in [-0.2, -0.15) is 13.2 Å². The summed E-state index contributed by atoms with van der Waals surface area (Å²) < 4.78 is 61.8. The maximum Gasteiger partial charge on any atom is 0.417 e. The predicted octanol–water partition coefficient (Wildman–Crippen LogP) is 6.60. The van der Waals surface area contributed by atoms with Gasteiger partial charge < -0.3 is 9.84 Å². The Balaban J connectivity index is 1.87. The van der Waals surface area contributed by atoms with Crippen LogP contribution in [-0.4, -0.2) is 21.8 Å². The fourth-order valence-electron chi connectivity index (χ4n) is 3.69. The summed E-state index contributed by atoms with van der Waals surface area (Å²) in [6, 6.07) is 16.2. The molecule has 0 radical (unpaired) electrons. The maximum atomic E-state index is 13.8. The van der Waals surface area contributed by atoms with Crippen molar-refractivity contribution in [2.75, 3.05) is 7.11 Å². The van der Waals surface area contributed by atoms with Crippen LogP contribution in [0.1, 0.15) is 25.1 Å². The zero-order chi connectivity index (χ0) is 24.7. The molecule has 0 unspecified atom stereocenters. The van der Waals surface area contributed by atoms with Crippen LogP contribution in [0.4, 0.5) is 17.6 Å². The highest BCUT2D eigenvalue weighted by Gasteiger charge is 2.35. The third kappa shape index (κ3) is 4.54. The summed E-state index contributed by atoms with van der Waals surface area (Å²) >= 11 is 0. The van der Waals surface area contributed by atoms with Crippen molar-refractivity contribution in [1.29, 1.82) is 0 Å². The largest absolute Gasteiger partial charge is 0.496 e. The summed E-state index contributed by atoms with van der Waals surface area (Å²) in [7, 11) is 1.49. The number of alkyl halides is 3. The van der Waals surface area contributed by atoms with E-state index in [0.29, 0.717) is 22.6 Å². The molecule has 1 aromatic heterocycles. The van der Waals surface area contributed by atoms with Gasteiger partial charge in [-0.3, -0.25) is 4.57 Å². The normalized spacial score (nSPS) is 12.1. The van der Waals surface area contributed by atoms with E-state index in [0.717, 1.165) is 6.07 Å². The van der Waals surface area contributed by atoms with Crippen LogP contribution in [0.3, 0.4) is 0 Å². The molecule has 0 aliphatic heterocycles. The van der Waals surface area contributed by atoms with Crippen LogP contribution in [-0.2, 0) is 11.8 Å². The standard InChI is InChI=1S/C26H22F4N2O2/c1-25(2,33)23-15-32(24(31-23)19-6-4-5-7-21(19)26(28,29)30)18-11-8-16(9-12-18)20-14-17(27)10-13-22(20)34-3/h4-15,33H,1-3H3. The summed E-state index contributed by atoms with van der Waals surface area (Å²) in [4.78, 5) is 4.37. The van der Waals surface area contributed by atoms with E-state index in [1.807, 2.05) is 0 Å². The topological polar surface area (TPSA) is 47.3 Å². The Morgan fingerprint density at radius 2 is 1.59 bits per heavy atom. The number of ether oxygens (including phenoxy) is 1. The molecule has 0 aliphatic rings. The number of nitrogens with zero attached hydrogens (tertiary/aromatic N) is 2. The Morgan fingerprint density at radius 3 is 2.21 bits per heavy atom. The number of aromatic nitrogens is 2. The van der Waals surface area contributed by atoms with Gasteiger partial charge in [0, 0.05) is 23.0 Å². The smallest absolute Gasteiger partial charge is 0.417 e. The van der Waals surface area contributed by atoms with Gasteiger partial charge in [-0.15, -0.1) is 0 Å². The zero-order valence-electron chi connectivity index (χ0n) is 18.7. The molecule has 8 heteroatoms. The Hall–Kier alpha value is -3.65. The van der Waals surface area contributed by atoms with Crippen LogP contribution in [0.2, 0.25) is 0 Å². The first-order valence-electron chi connectivity index (χ1n) is 10.4. The molecule has 4 nitrogen and oxygen atoms in total. The van der Waals surface area contributed by atoms with E-state index in [-0.39, 0.29) is 17.1 Å². The van der Waals surface area contributed by atoms with Gasteiger partial charge in [0.25, 0.3) is 0 Å². The molecule has 0 saturated heterocycles. The molecule has 0 fully saturated rings. The van der Waals surface area contributed by atoms with Crippen LogP contribution in [0.5, 0.6) is 5.75 Å². The zero-order valence-corrected chi connectivity index (χ0v) is 18.7. The third-order valence-corrected chi connectivity index (χ3v) is 5.42. The molecule has 34 heavy (non-hydrogen) atoms. The lowest BCUT2D eigenvalue weighted by Crippen LogP contribution is -2.15. The highest BCUT2D eigenvalue weighted by Crippen LogP contribution is 2.38. The fourth-order valence-corrected chi connectivity index (χ4v) is 3.69. The van der Waals surface area contributed by atoms with Crippen molar-refractivity contribution in [2.45, 2.75) is 25.6 Å². The molecule has 0 spiro atoms. The summed E-state index contributed by atoms with van der Waals surface area (Å²) in [6.07, 6.45) is -3.07. The lowest BCUT2D eigenvalue weighted by atomic mass is 10.0. The number of methoxy groups -OCH3 is 1. The second-order valence-electron chi connectivity index (χ2n) is 8.31. The monoisotopic (exact) mass is 470 g/mol. The molecule has 4 rings (SSSR count). The van der Waals surface area contributed by atoms with Crippen LogP contribution in [0, 0.1) is 5.82 Å². The highest BCUT2D eigenvalue weighted by atomic mass is 19.4. The molecule has 1 N–H and O–H groups in total. The fraction of sp³-hybridized carbons (Fsp3) is 0.192. The van der Waals surface area contributed by atoms with Gasteiger partial charge >= 0.3 is 6.18 Å². The van der Waals surface area contributed by atoms with Gasteiger partial charge in [0.05, 0.1) is 18.4 Å². The Kier molecular flexibility index (Phi) is 5.95. The van der Waals surface area contributed by atoms with E-state index in [9.17, 15) is 22.7 Å². The summed E-state index contributed by atoms with van der Waals surface area (Å²) in [5.41, 5.74) is -0.363. The van der Waals surface area contributed by atoms with Crippen molar-refractivity contribution in [3.8, 4) is 34.0 Å². The second kappa shape index (κ2) is 8.61. The molecule has 0 atom stereocenters. The molecule has 0 amide bonds. The predicted molar refractivity (Wildman–Crippen MR) is 121 cm³/mol. The third-order valence-electron chi connectivity index (χ3n) is 5.42. The van der Waals surface area contributed by atoms with Gasteiger partial charge in [0.2, 0.25) is 0 Å². The minimum atomic E-state index is -4.58. The van der Waals surface area contributed by atoms with Crippen LogP contribution >= 0.6 is 0 Å². The average Bonchev–Trinajstić information content (AvgIpc) is 3.25. The molecule has 3 aromatic carbocycles. The number of benzene rings is 3. The van der Waals surface area contributed by atoms with Crippen molar-refractivity contribution < 1.29 is 27.4 Å². The van der Waals surface area contributed by atoms with Crippen molar-refractivity contribution >= 4 is 0 Å². The molecule has 0 saturated carbocycles. The molecule has 1 heterocycles. The van der Waals surface area contributed by atoms with Crippen molar-refractivity contribution in [3.63, 3.8) is 0 Å². The van der Waals surface area contributed by atoms with E-state index in [2.05, 4.69) is 4.98 Å². The molecule has 0 aliphatic carbocycles. The van der Waals surface area contributed by atoms with E-state index in [1.54, 1.807) is 24.3 Å². The first kappa shape index (κ1) is 23.5. The van der Waals surface area contributed by atoms with E-state index in [1.165, 1.54) is 68.1 Å². The lowest BCUT2D eigenvalue weighted by Gasteiger charge is -2.14. The highest BCUT2D eigenvalue weighted by molar-refractivity contribution is 5.72. The second-order valence-corrected chi connectivity index (χ2v) is 8.31. The Bertz CT molecular complexity index is 1320. The Morgan fingerprint density at radius 1 is 0.912 bits per heavy atom. The molecular weight excluding hydrogens is 448 g/mol.